The molecule has 0 amide bonds. The van der Waals surface area contributed by atoms with Gasteiger partial charge in [0.2, 0.25) is 20.7 Å². The fraction of sp³-hybridized carbons (Fsp3) is 0. The van der Waals surface area contributed by atoms with Gasteiger partial charge in [0.25, 0.3) is 5.69 Å². The standard InChI is InChI=1S/C14H9N3O6S/c18-11-7-8(17(20)21)5-6-10(11)15-16-14-13(19)9-3-1-2-4-12(9)24(14,22)23/h1-7,15,18H/b16-14+. The number of non-ortho nitro benzene ring substituents is 1. The number of ketones is 1. The molecule has 1 heterocycles. The van der Waals surface area contributed by atoms with Crippen molar-refractivity contribution in [3.8, 4) is 5.75 Å². The molecule has 0 saturated carbocycles. The highest BCUT2D eigenvalue weighted by atomic mass is 32.2. The zero-order valence-electron chi connectivity index (χ0n) is 11.8. The maximum absolute atomic E-state index is 12.3. The average Bonchev–Trinajstić information content (AvgIpc) is 2.74. The highest BCUT2D eigenvalue weighted by molar-refractivity contribution is 8.09. The molecule has 0 fully saturated rings. The lowest BCUT2D eigenvalue weighted by Gasteiger charge is -2.04. The molecule has 0 saturated heterocycles. The molecule has 0 radical (unpaired) electrons. The number of benzene rings is 2. The van der Waals surface area contributed by atoms with Crippen LogP contribution in [0.5, 0.6) is 5.75 Å². The number of fused-ring (bicyclic) bond motifs is 1. The molecule has 0 aromatic heterocycles. The van der Waals surface area contributed by atoms with Crippen molar-refractivity contribution in [2.45, 2.75) is 4.90 Å². The minimum absolute atomic E-state index is 0.0194. The second-order valence-corrected chi connectivity index (χ2v) is 6.65. The Hall–Kier alpha value is -3.27. The molecular weight excluding hydrogens is 338 g/mol. The van der Waals surface area contributed by atoms with E-state index in [2.05, 4.69) is 10.5 Å². The number of nitrogens with one attached hydrogen (secondary N) is 1. The first-order valence-corrected chi connectivity index (χ1v) is 8.00. The van der Waals surface area contributed by atoms with Crippen molar-refractivity contribution in [1.82, 2.24) is 0 Å². The van der Waals surface area contributed by atoms with Gasteiger partial charge in [0.15, 0.2) is 0 Å². The van der Waals surface area contributed by atoms with Gasteiger partial charge < -0.3 is 5.11 Å². The number of hydrogen-bond acceptors (Lipinski definition) is 8. The van der Waals surface area contributed by atoms with Gasteiger partial charge in [-0.1, -0.05) is 12.1 Å². The first kappa shape index (κ1) is 15.6. The summed E-state index contributed by atoms with van der Waals surface area (Å²) >= 11 is 0. The monoisotopic (exact) mass is 347 g/mol. The number of anilines is 1. The number of nitro groups is 1. The number of nitro benzene ring substituents is 1. The van der Waals surface area contributed by atoms with Crippen LogP contribution >= 0.6 is 0 Å². The number of carbonyl (C=O) groups excluding carboxylic acids is 1. The number of nitrogens with zero attached hydrogens (tertiary/aromatic N) is 2. The highest BCUT2D eigenvalue weighted by Gasteiger charge is 2.41. The summed E-state index contributed by atoms with van der Waals surface area (Å²) < 4.78 is 24.6. The number of Topliss-reactive ketones (excluding diaryl/α,β-unsaturated/α-hetero) is 1. The topological polar surface area (TPSA) is 139 Å². The summed E-state index contributed by atoms with van der Waals surface area (Å²) in [6.07, 6.45) is 0. The Morgan fingerprint density at radius 3 is 2.50 bits per heavy atom. The Morgan fingerprint density at radius 2 is 1.88 bits per heavy atom. The third-order valence-electron chi connectivity index (χ3n) is 3.34. The van der Waals surface area contributed by atoms with Crippen molar-refractivity contribution in [2.24, 2.45) is 5.10 Å². The van der Waals surface area contributed by atoms with Crippen LogP contribution in [0.2, 0.25) is 0 Å². The van der Waals surface area contributed by atoms with Crippen molar-refractivity contribution in [2.75, 3.05) is 5.43 Å². The van der Waals surface area contributed by atoms with E-state index in [0.717, 1.165) is 18.2 Å². The van der Waals surface area contributed by atoms with E-state index < -0.39 is 31.3 Å². The van der Waals surface area contributed by atoms with Gasteiger partial charge in [0, 0.05) is 11.6 Å². The van der Waals surface area contributed by atoms with Gasteiger partial charge in [-0.05, 0) is 18.2 Å². The van der Waals surface area contributed by atoms with E-state index in [0.29, 0.717) is 0 Å². The summed E-state index contributed by atoms with van der Waals surface area (Å²) in [5.41, 5.74) is 1.86. The number of hydrazone groups is 1. The van der Waals surface area contributed by atoms with Gasteiger partial charge in [-0.2, -0.15) is 5.10 Å². The molecule has 0 spiro atoms. The first-order valence-electron chi connectivity index (χ1n) is 6.52. The molecule has 2 N–H and O–H groups in total. The molecule has 1 aliphatic rings. The van der Waals surface area contributed by atoms with Crippen LogP contribution in [0.25, 0.3) is 0 Å². The predicted octanol–water partition coefficient (Wildman–Crippen LogP) is 1.70. The smallest absolute Gasteiger partial charge is 0.273 e. The Balaban J connectivity index is 1.97. The second-order valence-electron chi connectivity index (χ2n) is 4.82. The number of carbonyl (C=O) groups is 1. The summed E-state index contributed by atoms with van der Waals surface area (Å²) in [4.78, 5) is 21.9. The van der Waals surface area contributed by atoms with Crippen molar-refractivity contribution in [3.63, 3.8) is 0 Å². The van der Waals surface area contributed by atoms with E-state index in [1.54, 1.807) is 0 Å². The van der Waals surface area contributed by atoms with E-state index in [1.807, 2.05) is 0 Å². The van der Waals surface area contributed by atoms with Crippen LogP contribution in [0.4, 0.5) is 11.4 Å². The molecule has 10 heteroatoms. The molecule has 9 nitrogen and oxygen atoms in total. The second kappa shape index (κ2) is 5.42. The average molecular weight is 347 g/mol. The number of phenols is 1. The van der Waals surface area contributed by atoms with E-state index in [4.69, 9.17) is 0 Å². The minimum atomic E-state index is -4.05. The van der Waals surface area contributed by atoms with Gasteiger partial charge in [-0.3, -0.25) is 20.3 Å². The van der Waals surface area contributed by atoms with Crippen LogP contribution in [-0.4, -0.2) is 29.3 Å². The molecule has 24 heavy (non-hydrogen) atoms. The van der Waals surface area contributed by atoms with E-state index in [-0.39, 0.29) is 21.8 Å². The molecule has 1 aliphatic heterocycles. The number of rotatable bonds is 3. The molecule has 122 valence electrons. The number of sulfone groups is 1. The van der Waals surface area contributed by atoms with Crippen LogP contribution in [0.1, 0.15) is 10.4 Å². The van der Waals surface area contributed by atoms with Crippen LogP contribution in [-0.2, 0) is 9.84 Å². The Kier molecular flexibility index (Phi) is 3.53. The fourth-order valence-electron chi connectivity index (χ4n) is 2.18. The van der Waals surface area contributed by atoms with Crippen LogP contribution in [0.3, 0.4) is 0 Å². The lowest BCUT2D eigenvalue weighted by molar-refractivity contribution is -0.384. The van der Waals surface area contributed by atoms with Gasteiger partial charge in [-0.15, -0.1) is 0 Å². The van der Waals surface area contributed by atoms with Crippen LogP contribution in [0, 0.1) is 10.1 Å². The normalized spacial score (nSPS) is 16.8. The molecule has 2 aromatic rings. The summed E-state index contributed by atoms with van der Waals surface area (Å²) in [5.74, 6) is -1.27. The van der Waals surface area contributed by atoms with Gasteiger partial charge in [-0.25, -0.2) is 8.42 Å². The molecular formula is C14H9N3O6S. The SMILES string of the molecule is O=C1/C(=N\Nc2ccc([N+](=O)[O-])cc2O)S(=O)(=O)c2ccccc21. The van der Waals surface area contributed by atoms with E-state index in [1.165, 1.54) is 24.3 Å². The highest BCUT2D eigenvalue weighted by Crippen LogP contribution is 2.30. The van der Waals surface area contributed by atoms with E-state index >= 15 is 0 Å². The van der Waals surface area contributed by atoms with Crippen molar-refractivity contribution < 1.29 is 23.2 Å². The van der Waals surface area contributed by atoms with Gasteiger partial charge in [0.05, 0.1) is 21.6 Å². The zero-order valence-corrected chi connectivity index (χ0v) is 12.6. The maximum Gasteiger partial charge on any atom is 0.273 e. The number of phenolic OH excluding ortho intramolecular Hbond substituents is 1. The molecule has 2 aromatic carbocycles. The lowest BCUT2D eigenvalue weighted by atomic mass is 10.1. The molecule has 0 bridgehead atoms. The fourth-order valence-corrected chi connectivity index (χ4v) is 3.62. The zero-order chi connectivity index (χ0) is 17.5. The summed E-state index contributed by atoms with van der Waals surface area (Å²) in [7, 11) is -4.05. The predicted molar refractivity (Wildman–Crippen MR) is 83.8 cm³/mol. The Morgan fingerprint density at radius 1 is 1.17 bits per heavy atom. The Bertz CT molecular complexity index is 1010. The van der Waals surface area contributed by atoms with Crippen molar-refractivity contribution in [3.05, 3.63) is 58.1 Å². The van der Waals surface area contributed by atoms with Crippen molar-refractivity contribution in [1.29, 1.82) is 0 Å². The minimum Gasteiger partial charge on any atom is -0.505 e. The number of aromatic hydroxyl groups is 1. The van der Waals surface area contributed by atoms with E-state index in [9.17, 15) is 28.4 Å². The largest absolute Gasteiger partial charge is 0.505 e. The lowest BCUT2D eigenvalue weighted by Crippen LogP contribution is -2.17. The Labute approximate surface area is 135 Å². The third kappa shape index (κ3) is 2.38. The maximum atomic E-state index is 12.3. The van der Waals surface area contributed by atoms with Gasteiger partial charge >= 0.3 is 0 Å². The molecule has 0 unspecified atom stereocenters. The summed E-state index contributed by atoms with van der Waals surface area (Å²) in [6, 6.07) is 8.82. The molecule has 0 aliphatic carbocycles. The molecule has 3 rings (SSSR count). The van der Waals surface area contributed by atoms with Gasteiger partial charge in [0.1, 0.15) is 5.75 Å². The van der Waals surface area contributed by atoms with Crippen LogP contribution < -0.4 is 5.43 Å². The number of hydrogen-bond donors (Lipinski definition) is 2. The summed E-state index contributed by atoms with van der Waals surface area (Å²) in [5, 5.41) is 23.2. The first-order chi connectivity index (χ1) is 11.3. The molecule has 0 atom stereocenters. The van der Waals surface area contributed by atoms with Crippen LogP contribution in [0.15, 0.2) is 52.5 Å². The third-order valence-corrected chi connectivity index (χ3v) is 5.06. The quantitative estimate of drug-likeness (QED) is 0.489. The van der Waals surface area contributed by atoms with Crippen molar-refractivity contribution >= 4 is 32.0 Å². The summed E-state index contributed by atoms with van der Waals surface area (Å²) in [6.45, 7) is 0.